The van der Waals surface area contributed by atoms with Crippen LogP contribution >= 0.6 is 11.6 Å². The zero-order valence-electron chi connectivity index (χ0n) is 10.8. The van der Waals surface area contributed by atoms with Crippen LogP contribution in [0.25, 0.3) is 0 Å². The number of pyridine rings is 1. The Balaban J connectivity index is 1.88. The van der Waals surface area contributed by atoms with E-state index >= 15 is 0 Å². The molecule has 18 heavy (non-hydrogen) atoms. The van der Waals surface area contributed by atoms with Gasteiger partial charge in [0, 0.05) is 56.2 Å². The van der Waals surface area contributed by atoms with Gasteiger partial charge in [-0.25, -0.2) is 0 Å². The molecule has 0 aliphatic carbocycles. The first-order chi connectivity index (χ1) is 8.66. The number of halogens is 1. The number of piperazine rings is 1. The summed E-state index contributed by atoms with van der Waals surface area (Å²) >= 11 is 5.85. The molecule has 98 valence electrons. The highest BCUT2D eigenvalue weighted by Crippen LogP contribution is 2.20. The number of aromatic nitrogens is 1. The maximum Gasteiger partial charge on any atom is 0.0336 e. The van der Waals surface area contributed by atoms with Crippen LogP contribution in [0.5, 0.6) is 0 Å². The molecule has 0 N–H and O–H groups in total. The van der Waals surface area contributed by atoms with Gasteiger partial charge in [-0.1, -0.05) is 24.2 Å². The summed E-state index contributed by atoms with van der Waals surface area (Å²) < 4.78 is 0. The average molecular weight is 266 g/mol. The zero-order chi connectivity index (χ0) is 13.0. The van der Waals surface area contributed by atoms with Gasteiger partial charge in [0.1, 0.15) is 0 Å². The summed E-state index contributed by atoms with van der Waals surface area (Å²) in [5, 5.41) is 0.726. The third kappa shape index (κ3) is 3.55. The highest BCUT2D eigenvalue weighted by Gasteiger charge is 2.21. The number of hydrogen-bond donors (Lipinski definition) is 0. The molecule has 0 radical (unpaired) electrons. The minimum atomic E-state index is 0.431. The molecule has 0 bridgehead atoms. The van der Waals surface area contributed by atoms with Crippen LogP contribution in [0, 0.1) is 0 Å². The molecule has 1 aliphatic heterocycles. The van der Waals surface area contributed by atoms with E-state index in [9.17, 15) is 0 Å². The molecule has 0 spiro atoms. The molecule has 3 nitrogen and oxygen atoms in total. The lowest BCUT2D eigenvalue weighted by Gasteiger charge is -2.38. The lowest BCUT2D eigenvalue weighted by Crippen LogP contribution is -2.47. The maximum atomic E-state index is 5.85. The van der Waals surface area contributed by atoms with Crippen LogP contribution in [-0.4, -0.2) is 47.5 Å². The molecule has 0 aromatic carbocycles. The Morgan fingerprint density at radius 3 is 2.72 bits per heavy atom. The fraction of sp³-hybridized carbons (Fsp3) is 0.500. The van der Waals surface area contributed by atoms with Crippen molar-refractivity contribution >= 4 is 11.6 Å². The zero-order valence-corrected chi connectivity index (χ0v) is 11.6. The molecule has 0 saturated carbocycles. The van der Waals surface area contributed by atoms with Crippen molar-refractivity contribution < 1.29 is 0 Å². The molecule has 1 saturated heterocycles. The summed E-state index contributed by atoms with van der Waals surface area (Å²) in [6.07, 6.45) is 3.78. The first kappa shape index (κ1) is 13.5. The van der Waals surface area contributed by atoms with Crippen LogP contribution in [0.15, 0.2) is 36.1 Å². The molecule has 1 atom stereocenters. The molecule has 1 fully saturated rings. The van der Waals surface area contributed by atoms with Crippen LogP contribution in [0.1, 0.15) is 18.5 Å². The van der Waals surface area contributed by atoms with Crippen LogP contribution in [0.2, 0.25) is 0 Å². The van der Waals surface area contributed by atoms with Crippen molar-refractivity contribution in [3.05, 3.63) is 41.7 Å². The van der Waals surface area contributed by atoms with E-state index in [1.807, 2.05) is 18.5 Å². The molecular formula is C14H20ClN3. The third-order valence-electron chi connectivity index (χ3n) is 3.52. The summed E-state index contributed by atoms with van der Waals surface area (Å²) in [7, 11) is 0. The van der Waals surface area contributed by atoms with Gasteiger partial charge in [0.05, 0.1) is 0 Å². The second kappa shape index (κ2) is 6.32. The van der Waals surface area contributed by atoms with Crippen molar-refractivity contribution in [1.29, 1.82) is 0 Å². The second-order valence-corrected chi connectivity index (χ2v) is 5.33. The summed E-state index contributed by atoms with van der Waals surface area (Å²) in [6, 6.07) is 4.57. The first-order valence-electron chi connectivity index (χ1n) is 6.36. The highest BCUT2D eigenvalue weighted by molar-refractivity contribution is 6.29. The minimum absolute atomic E-state index is 0.431. The van der Waals surface area contributed by atoms with Crippen molar-refractivity contribution in [3.63, 3.8) is 0 Å². The van der Waals surface area contributed by atoms with E-state index in [0.717, 1.165) is 37.8 Å². The highest BCUT2D eigenvalue weighted by atomic mass is 35.5. The lowest BCUT2D eigenvalue weighted by atomic mass is 10.1. The van der Waals surface area contributed by atoms with E-state index in [1.54, 1.807) is 0 Å². The Labute approximate surface area is 114 Å². The van der Waals surface area contributed by atoms with Crippen LogP contribution in [0.3, 0.4) is 0 Å². The Kier molecular flexibility index (Phi) is 4.75. The van der Waals surface area contributed by atoms with Crippen molar-refractivity contribution in [3.8, 4) is 0 Å². The van der Waals surface area contributed by atoms with Gasteiger partial charge in [0.25, 0.3) is 0 Å². The van der Waals surface area contributed by atoms with Crippen LogP contribution in [0.4, 0.5) is 0 Å². The fourth-order valence-corrected chi connectivity index (χ4v) is 2.55. The molecule has 2 rings (SSSR count). The minimum Gasteiger partial charge on any atom is -0.296 e. The quantitative estimate of drug-likeness (QED) is 0.834. The van der Waals surface area contributed by atoms with Crippen molar-refractivity contribution in [1.82, 2.24) is 14.8 Å². The van der Waals surface area contributed by atoms with Gasteiger partial charge < -0.3 is 0 Å². The van der Waals surface area contributed by atoms with Crippen LogP contribution < -0.4 is 0 Å². The van der Waals surface area contributed by atoms with Crippen molar-refractivity contribution in [2.45, 2.75) is 13.0 Å². The van der Waals surface area contributed by atoms with Crippen molar-refractivity contribution in [2.75, 3.05) is 32.7 Å². The molecule has 2 heterocycles. The molecule has 0 amide bonds. The maximum absolute atomic E-state index is 5.85. The van der Waals surface area contributed by atoms with E-state index in [4.69, 9.17) is 11.6 Å². The Morgan fingerprint density at radius 2 is 2.17 bits per heavy atom. The Hall–Kier alpha value is -0.900. The topological polar surface area (TPSA) is 19.4 Å². The van der Waals surface area contributed by atoms with E-state index in [1.165, 1.54) is 5.56 Å². The molecule has 4 heteroatoms. The van der Waals surface area contributed by atoms with Gasteiger partial charge >= 0.3 is 0 Å². The lowest BCUT2D eigenvalue weighted by molar-refractivity contribution is 0.109. The summed E-state index contributed by atoms with van der Waals surface area (Å²) in [6.45, 7) is 11.0. The second-order valence-electron chi connectivity index (χ2n) is 4.79. The number of rotatable bonds is 4. The largest absolute Gasteiger partial charge is 0.296 e. The Bertz CT molecular complexity index is 385. The monoisotopic (exact) mass is 265 g/mol. The normalized spacial score (nSPS) is 19.7. The number of hydrogen-bond acceptors (Lipinski definition) is 3. The van der Waals surface area contributed by atoms with Gasteiger partial charge in [-0.3, -0.25) is 14.8 Å². The summed E-state index contributed by atoms with van der Waals surface area (Å²) in [5.74, 6) is 0. The van der Waals surface area contributed by atoms with E-state index in [-0.39, 0.29) is 0 Å². The SMILES string of the molecule is C=C(Cl)CN1CCN(C(C)c2cccnc2)CC1. The van der Waals surface area contributed by atoms with E-state index in [2.05, 4.69) is 34.4 Å². The third-order valence-corrected chi connectivity index (χ3v) is 3.64. The predicted octanol–water partition coefficient (Wildman–Crippen LogP) is 2.51. The van der Waals surface area contributed by atoms with E-state index < -0.39 is 0 Å². The molecule has 1 aromatic heterocycles. The van der Waals surface area contributed by atoms with Gasteiger partial charge in [0.15, 0.2) is 0 Å². The molecular weight excluding hydrogens is 246 g/mol. The van der Waals surface area contributed by atoms with Gasteiger partial charge in [-0.15, -0.1) is 0 Å². The molecule has 1 unspecified atom stereocenters. The summed E-state index contributed by atoms with van der Waals surface area (Å²) in [4.78, 5) is 9.03. The number of nitrogens with zero attached hydrogens (tertiary/aromatic N) is 3. The predicted molar refractivity (Wildman–Crippen MR) is 75.7 cm³/mol. The first-order valence-corrected chi connectivity index (χ1v) is 6.74. The standard InChI is InChI=1S/C14H20ClN3/c1-12(15)11-17-6-8-18(9-7-17)13(2)14-4-3-5-16-10-14/h3-5,10,13H,1,6-9,11H2,2H3. The molecule has 1 aromatic rings. The van der Waals surface area contributed by atoms with Gasteiger partial charge in [-0.2, -0.15) is 0 Å². The Morgan fingerprint density at radius 1 is 1.44 bits per heavy atom. The fourth-order valence-electron chi connectivity index (χ4n) is 2.39. The van der Waals surface area contributed by atoms with E-state index in [0.29, 0.717) is 6.04 Å². The average Bonchev–Trinajstić information content (AvgIpc) is 2.39. The summed E-state index contributed by atoms with van der Waals surface area (Å²) in [5.41, 5.74) is 1.28. The smallest absolute Gasteiger partial charge is 0.0336 e. The van der Waals surface area contributed by atoms with Crippen LogP contribution in [-0.2, 0) is 0 Å². The van der Waals surface area contributed by atoms with Gasteiger partial charge in [-0.05, 0) is 18.6 Å². The molecule has 1 aliphatic rings. The van der Waals surface area contributed by atoms with Gasteiger partial charge in [0.2, 0.25) is 0 Å². The van der Waals surface area contributed by atoms with Crippen molar-refractivity contribution in [2.24, 2.45) is 0 Å².